The van der Waals surface area contributed by atoms with Gasteiger partial charge in [0.2, 0.25) is 0 Å². The van der Waals surface area contributed by atoms with E-state index < -0.39 is 22.7 Å². The van der Waals surface area contributed by atoms with Crippen LogP contribution in [-0.2, 0) is 9.59 Å². The van der Waals surface area contributed by atoms with E-state index in [1.165, 1.54) is 30.2 Å². The number of nitrogens with zero attached hydrogens (tertiary/aromatic N) is 3. The van der Waals surface area contributed by atoms with Gasteiger partial charge in [-0.25, -0.2) is 0 Å². The van der Waals surface area contributed by atoms with Gasteiger partial charge >= 0.3 is 0 Å². The summed E-state index contributed by atoms with van der Waals surface area (Å²) < 4.78 is 5.14. The first kappa shape index (κ1) is 23.9. The molecule has 1 saturated heterocycles. The second-order valence-electron chi connectivity index (χ2n) is 7.60. The number of benzene rings is 2. The largest absolute Gasteiger partial charge is 0.507 e. The van der Waals surface area contributed by atoms with E-state index in [1.54, 1.807) is 30.3 Å². The molecule has 1 fully saturated rings. The molecule has 2 aromatic carbocycles. The molecule has 0 aliphatic carbocycles. The zero-order valence-electron chi connectivity index (χ0n) is 18.9. The number of ether oxygens (including phenoxy) is 1. The molecule has 0 aromatic heterocycles. The van der Waals surface area contributed by atoms with Crippen molar-refractivity contribution in [3.63, 3.8) is 0 Å². The van der Waals surface area contributed by atoms with Crippen LogP contribution in [0, 0.1) is 10.1 Å². The number of amides is 1. The smallest absolute Gasteiger partial charge is 0.295 e. The fraction of sp³-hybridized carbons (Fsp3) is 0.333. The van der Waals surface area contributed by atoms with Crippen LogP contribution < -0.4 is 4.74 Å². The maximum atomic E-state index is 13.1. The first-order valence-electron chi connectivity index (χ1n) is 10.7. The Kier molecular flexibility index (Phi) is 7.44. The lowest BCUT2D eigenvalue weighted by molar-refractivity contribution is -0.384. The SMILES string of the molecule is CCN(CC)CCN1C(=O)C(=O)C(=C(O)c2ccc(OC)cc2)[C@H]1c1cccc([N+](=O)[O-])c1. The number of aliphatic hydroxyl groups excluding tert-OH is 1. The van der Waals surface area contributed by atoms with Crippen LogP contribution >= 0.6 is 0 Å². The third kappa shape index (κ3) is 4.88. The summed E-state index contributed by atoms with van der Waals surface area (Å²) in [7, 11) is 1.51. The van der Waals surface area contributed by atoms with Crippen molar-refractivity contribution in [3.05, 3.63) is 75.3 Å². The number of non-ortho nitro benzene ring substituents is 1. The number of ketones is 1. The van der Waals surface area contributed by atoms with Crippen LogP contribution in [0.25, 0.3) is 5.76 Å². The molecule has 1 heterocycles. The van der Waals surface area contributed by atoms with Crippen molar-refractivity contribution in [3.8, 4) is 5.75 Å². The van der Waals surface area contributed by atoms with Crippen molar-refractivity contribution in [1.82, 2.24) is 9.80 Å². The second-order valence-corrected chi connectivity index (χ2v) is 7.60. The van der Waals surface area contributed by atoms with Crippen LogP contribution in [0.3, 0.4) is 0 Å². The number of hydrogen-bond acceptors (Lipinski definition) is 7. The van der Waals surface area contributed by atoms with E-state index in [9.17, 15) is 24.8 Å². The minimum atomic E-state index is -0.942. The Morgan fingerprint density at radius 3 is 2.39 bits per heavy atom. The Balaban J connectivity index is 2.13. The number of aliphatic hydroxyl groups is 1. The van der Waals surface area contributed by atoms with Gasteiger partial charge in [-0.15, -0.1) is 0 Å². The van der Waals surface area contributed by atoms with Crippen LogP contribution in [0.2, 0.25) is 0 Å². The molecule has 1 N–H and O–H groups in total. The predicted octanol–water partition coefficient (Wildman–Crippen LogP) is 3.37. The standard InChI is InChI=1S/C24H27N3O6/c1-4-25(5-2)13-14-26-21(17-7-6-8-18(15-17)27(31)32)20(23(29)24(26)30)22(28)16-9-11-19(33-3)12-10-16/h6-12,15,21,28H,4-5,13-14H2,1-3H3/t21-/m1/s1. The van der Waals surface area contributed by atoms with Crippen LogP contribution in [-0.4, -0.2) is 64.8 Å². The zero-order chi connectivity index (χ0) is 24.1. The van der Waals surface area contributed by atoms with Gasteiger partial charge in [-0.1, -0.05) is 26.0 Å². The Morgan fingerprint density at radius 1 is 1.15 bits per heavy atom. The highest BCUT2D eigenvalue weighted by Crippen LogP contribution is 2.40. The van der Waals surface area contributed by atoms with Crippen molar-refractivity contribution in [2.75, 3.05) is 33.3 Å². The van der Waals surface area contributed by atoms with Crippen molar-refractivity contribution in [1.29, 1.82) is 0 Å². The molecule has 1 amide bonds. The van der Waals surface area contributed by atoms with Crippen molar-refractivity contribution < 1.29 is 24.4 Å². The number of hydrogen-bond donors (Lipinski definition) is 1. The maximum Gasteiger partial charge on any atom is 0.295 e. The zero-order valence-corrected chi connectivity index (χ0v) is 18.9. The minimum absolute atomic E-state index is 0.0924. The molecule has 0 unspecified atom stereocenters. The molecule has 0 radical (unpaired) electrons. The fourth-order valence-electron chi connectivity index (χ4n) is 3.96. The van der Waals surface area contributed by atoms with E-state index in [4.69, 9.17) is 4.74 Å². The molecule has 0 saturated carbocycles. The average molecular weight is 453 g/mol. The molecule has 0 bridgehead atoms. The normalized spacial score (nSPS) is 17.6. The summed E-state index contributed by atoms with van der Waals surface area (Å²) in [6, 6.07) is 11.3. The van der Waals surface area contributed by atoms with E-state index >= 15 is 0 Å². The highest BCUT2D eigenvalue weighted by molar-refractivity contribution is 6.46. The van der Waals surface area contributed by atoms with Gasteiger partial charge < -0.3 is 19.6 Å². The summed E-state index contributed by atoms with van der Waals surface area (Å²) in [5.74, 6) is -1.33. The molecule has 9 heteroatoms. The van der Waals surface area contributed by atoms with Gasteiger partial charge in [0.1, 0.15) is 11.5 Å². The summed E-state index contributed by atoms with van der Waals surface area (Å²) in [4.78, 5) is 40.4. The first-order chi connectivity index (χ1) is 15.8. The lowest BCUT2D eigenvalue weighted by atomic mass is 9.95. The molecule has 33 heavy (non-hydrogen) atoms. The van der Waals surface area contributed by atoms with Gasteiger partial charge in [0.25, 0.3) is 17.4 Å². The molecule has 0 spiro atoms. The molecule has 1 aliphatic rings. The van der Waals surface area contributed by atoms with E-state index in [2.05, 4.69) is 4.90 Å². The Labute approximate surface area is 192 Å². The predicted molar refractivity (Wildman–Crippen MR) is 123 cm³/mol. The molecular weight excluding hydrogens is 426 g/mol. The lowest BCUT2D eigenvalue weighted by Crippen LogP contribution is -2.38. The molecular formula is C24H27N3O6. The summed E-state index contributed by atoms with van der Waals surface area (Å²) >= 11 is 0. The number of carbonyl (C=O) groups is 2. The number of likely N-dealkylation sites (tertiary alicyclic amines) is 1. The van der Waals surface area contributed by atoms with Crippen molar-refractivity contribution in [2.45, 2.75) is 19.9 Å². The van der Waals surface area contributed by atoms with Gasteiger partial charge in [0.15, 0.2) is 0 Å². The number of methoxy groups -OCH3 is 1. The van der Waals surface area contributed by atoms with E-state index in [1.807, 2.05) is 13.8 Å². The van der Waals surface area contributed by atoms with Crippen LogP contribution in [0.1, 0.15) is 31.0 Å². The van der Waals surface area contributed by atoms with Crippen LogP contribution in [0.5, 0.6) is 5.75 Å². The summed E-state index contributed by atoms with van der Waals surface area (Å²) in [6.07, 6.45) is 0. The molecule has 2 aromatic rings. The third-order valence-electron chi connectivity index (χ3n) is 5.85. The Hall–Kier alpha value is -3.72. The fourth-order valence-corrected chi connectivity index (χ4v) is 3.96. The van der Waals surface area contributed by atoms with Gasteiger partial charge in [-0.05, 0) is 42.9 Å². The molecule has 1 aliphatic heterocycles. The number of carbonyl (C=O) groups excluding carboxylic acids is 2. The minimum Gasteiger partial charge on any atom is -0.507 e. The Morgan fingerprint density at radius 2 is 1.82 bits per heavy atom. The van der Waals surface area contributed by atoms with Crippen LogP contribution in [0.4, 0.5) is 5.69 Å². The van der Waals surface area contributed by atoms with Gasteiger partial charge in [0.05, 0.1) is 23.6 Å². The van der Waals surface area contributed by atoms with Crippen LogP contribution in [0.15, 0.2) is 54.1 Å². The maximum absolute atomic E-state index is 13.1. The number of rotatable bonds is 9. The molecule has 9 nitrogen and oxygen atoms in total. The van der Waals surface area contributed by atoms with Gasteiger partial charge in [-0.2, -0.15) is 0 Å². The highest BCUT2D eigenvalue weighted by atomic mass is 16.6. The first-order valence-corrected chi connectivity index (χ1v) is 10.7. The van der Waals surface area contributed by atoms with Crippen molar-refractivity contribution >= 4 is 23.1 Å². The third-order valence-corrected chi connectivity index (χ3v) is 5.85. The molecule has 1 atom stereocenters. The van der Waals surface area contributed by atoms with Crippen molar-refractivity contribution in [2.24, 2.45) is 0 Å². The molecule has 3 rings (SSSR count). The number of likely N-dealkylation sites (N-methyl/N-ethyl adjacent to an activating group) is 1. The Bertz CT molecular complexity index is 1080. The monoisotopic (exact) mass is 453 g/mol. The van der Waals surface area contributed by atoms with E-state index in [-0.39, 0.29) is 23.6 Å². The number of nitro benzene ring substituents is 1. The highest BCUT2D eigenvalue weighted by Gasteiger charge is 2.46. The van der Waals surface area contributed by atoms with E-state index in [0.29, 0.717) is 23.4 Å². The van der Waals surface area contributed by atoms with Gasteiger partial charge in [-0.3, -0.25) is 19.7 Å². The second kappa shape index (κ2) is 10.3. The lowest BCUT2D eigenvalue weighted by Gasteiger charge is -2.28. The van der Waals surface area contributed by atoms with Gasteiger partial charge in [0, 0.05) is 30.8 Å². The quantitative estimate of drug-likeness (QED) is 0.204. The number of Topliss-reactive ketones (excluding diaryl/α,β-unsaturated/α-hetero) is 1. The number of nitro groups is 1. The topological polar surface area (TPSA) is 113 Å². The van der Waals surface area contributed by atoms with E-state index in [0.717, 1.165) is 13.1 Å². The average Bonchev–Trinajstić information content (AvgIpc) is 3.09. The summed E-state index contributed by atoms with van der Waals surface area (Å²) in [5.41, 5.74) is 0.475. The summed E-state index contributed by atoms with van der Waals surface area (Å²) in [6.45, 7) is 6.30. The summed E-state index contributed by atoms with van der Waals surface area (Å²) in [5, 5.41) is 22.4. The molecule has 174 valence electrons.